The molecule has 0 aliphatic heterocycles. The van der Waals surface area contributed by atoms with Crippen LogP contribution in [0.25, 0.3) is 0 Å². The Kier molecular flexibility index (Phi) is 3.71. The summed E-state index contributed by atoms with van der Waals surface area (Å²) in [5.74, 6) is 1.22. The molecule has 0 saturated carbocycles. The van der Waals surface area contributed by atoms with Crippen LogP contribution in [0.2, 0.25) is 0 Å². The zero-order valence-electron chi connectivity index (χ0n) is 9.67. The quantitative estimate of drug-likeness (QED) is 0.734. The molecule has 0 amide bonds. The molecule has 0 radical (unpaired) electrons. The van der Waals surface area contributed by atoms with Crippen LogP contribution in [0.15, 0.2) is 16.9 Å². The van der Waals surface area contributed by atoms with Gasteiger partial charge in [-0.1, -0.05) is 5.16 Å². The molecule has 0 saturated heterocycles. The predicted octanol–water partition coefficient (Wildman–Crippen LogP) is 0.476. The third-order valence-corrected chi connectivity index (χ3v) is 2.21. The molecule has 2 aromatic heterocycles. The van der Waals surface area contributed by atoms with E-state index in [1.807, 2.05) is 0 Å². The highest BCUT2D eigenvalue weighted by Gasteiger charge is 2.07. The van der Waals surface area contributed by atoms with E-state index >= 15 is 0 Å². The zero-order valence-corrected chi connectivity index (χ0v) is 9.67. The van der Waals surface area contributed by atoms with E-state index in [0.29, 0.717) is 30.6 Å². The van der Waals surface area contributed by atoms with Gasteiger partial charge in [0.05, 0.1) is 11.9 Å². The predicted molar refractivity (Wildman–Crippen MR) is 60.2 cm³/mol. The zero-order chi connectivity index (χ0) is 12.1. The lowest BCUT2D eigenvalue weighted by molar-refractivity contribution is 0.194. The SMILES string of the molecule is COCCCc1noc(Cn2cc(N)cn2)n1. The van der Waals surface area contributed by atoms with Crippen molar-refractivity contribution in [3.05, 3.63) is 24.1 Å². The molecule has 7 nitrogen and oxygen atoms in total. The first-order valence-electron chi connectivity index (χ1n) is 5.36. The summed E-state index contributed by atoms with van der Waals surface area (Å²) >= 11 is 0. The number of nitrogen functional groups attached to an aromatic ring is 1. The van der Waals surface area contributed by atoms with Crippen LogP contribution < -0.4 is 5.73 Å². The van der Waals surface area contributed by atoms with Gasteiger partial charge < -0.3 is 15.0 Å². The monoisotopic (exact) mass is 237 g/mol. The van der Waals surface area contributed by atoms with Crippen molar-refractivity contribution in [1.82, 2.24) is 19.9 Å². The number of hydrogen-bond donors (Lipinski definition) is 1. The van der Waals surface area contributed by atoms with Gasteiger partial charge in [-0.25, -0.2) is 0 Å². The van der Waals surface area contributed by atoms with Crippen LogP contribution in [0.5, 0.6) is 0 Å². The number of rotatable bonds is 6. The van der Waals surface area contributed by atoms with E-state index in [-0.39, 0.29) is 0 Å². The van der Waals surface area contributed by atoms with Crippen molar-refractivity contribution >= 4 is 5.69 Å². The second-order valence-electron chi connectivity index (χ2n) is 3.67. The molecule has 0 bridgehead atoms. The number of hydrogen-bond acceptors (Lipinski definition) is 6. The Labute approximate surface area is 98.6 Å². The molecule has 0 unspecified atom stereocenters. The first-order valence-corrected chi connectivity index (χ1v) is 5.36. The van der Waals surface area contributed by atoms with Gasteiger partial charge in [-0.15, -0.1) is 0 Å². The van der Waals surface area contributed by atoms with Crippen LogP contribution in [-0.2, 0) is 17.7 Å². The van der Waals surface area contributed by atoms with Crippen molar-refractivity contribution in [3.63, 3.8) is 0 Å². The molecule has 0 aromatic carbocycles. The number of methoxy groups -OCH3 is 1. The van der Waals surface area contributed by atoms with Gasteiger partial charge in [-0.3, -0.25) is 4.68 Å². The molecule has 0 aliphatic carbocycles. The maximum absolute atomic E-state index is 5.55. The number of nitrogens with zero attached hydrogens (tertiary/aromatic N) is 4. The van der Waals surface area contributed by atoms with Gasteiger partial charge in [0.25, 0.3) is 0 Å². The summed E-state index contributed by atoms with van der Waals surface area (Å²) in [5.41, 5.74) is 6.17. The summed E-state index contributed by atoms with van der Waals surface area (Å²) in [6.45, 7) is 1.13. The van der Waals surface area contributed by atoms with Gasteiger partial charge in [-0.05, 0) is 6.42 Å². The standard InChI is InChI=1S/C10H15N5O2/c1-16-4-2-3-9-13-10(17-14-9)7-15-6-8(11)5-12-15/h5-6H,2-4,7,11H2,1H3. The number of aromatic nitrogens is 4. The Morgan fingerprint density at radius 3 is 3.12 bits per heavy atom. The highest BCUT2D eigenvalue weighted by atomic mass is 16.5. The van der Waals surface area contributed by atoms with Gasteiger partial charge in [-0.2, -0.15) is 10.1 Å². The lowest BCUT2D eigenvalue weighted by atomic mass is 10.3. The fourth-order valence-corrected chi connectivity index (χ4v) is 1.44. The van der Waals surface area contributed by atoms with Crippen molar-refractivity contribution in [3.8, 4) is 0 Å². The minimum absolute atomic E-state index is 0.439. The minimum atomic E-state index is 0.439. The van der Waals surface area contributed by atoms with Crippen molar-refractivity contribution in [2.45, 2.75) is 19.4 Å². The fourth-order valence-electron chi connectivity index (χ4n) is 1.44. The van der Waals surface area contributed by atoms with Gasteiger partial charge >= 0.3 is 0 Å². The molecule has 2 rings (SSSR count). The third-order valence-electron chi connectivity index (χ3n) is 2.21. The van der Waals surface area contributed by atoms with E-state index in [9.17, 15) is 0 Å². The van der Waals surface area contributed by atoms with E-state index in [0.717, 1.165) is 12.8 Å². The Morgan fingerprint density at radius 2 is 2.41 bits per heavy atom. The molecule has 0 spiro atoms. The van der Waals surface area contributed by atoms with Gasteiger partial charge in [0.2, 0.25) is 5.89 Å². The third kappa shape index (κ3) is 3.28. The van der Waals surface area contributed by atoms with E-state index in [1.165, 1.54) is 0 Å². The van der Waals surface area contributed by atoms with Crippen LogP contribution in [-0.4, -0.2) is 33.6 Å². The summed E-state index contributed by atoms with van der Waals surface area (Å²) < 4.78 is 11.7. The van der Waals surface area contributed by atoms with Crippen LogP contribution in [0, 0.1) is 0 Å². The average molecular weight is 237 g/mol. The van der Waals surface area contributed by atoms with Gasteiger partial charge in [0.1, 0.15) is 6.54 Å². The topological polar surface area (TPSA) is 92.0 Å². The molecule has 92 valence electrons. The highest BCUT2D eigenvalue weighted by molar-refractivity contribution is 5.30. The van der Waals surface area contributed by atoms with E-state index in [1.54, 1.807) is 24.2 Å². The molecular weight excluding hydrogens is 222 g/mol. The summed E-state index contributed by atoms with van der Waals surface area (Å²) in [7, 11) is 1.67. The Bertz CT molecular complexity index is 465. The number of ether oxygens (including phenoxy) is 1. The fraction of sp³-hybridized carbons (Fsp3) is 0.500. The first-order chi connectivity index (χ1) is 8.28. The number of nitrogens with two attached hydrogens (primary N) is 1. The molecule has 17 heavy (non-hydrogen) atoms. The second-order valence-corrected chi connectivity index (χ2v) is 3.67. The minimum Gasteiger partial charge on any atom is -0.396 e. The Morgan fingerprint density at radius 1 is 1.53 bits per heavy atom. The summed E-state index contributed by atoms with van der Waals surface area (Å²) in [5, 5.41) is 7.92. The Balaban J connectivity index is 1.89. The highest BCUT2D eigenvalue weighted by Crippen LogP contribution is 2.04. The second kappa shape index (κ2) is 5.44. The van der Waals surface area contributed by atoms with Gasteiger partial charge in [0, 0.05) is 26.3 Å². The van der Waals surface area contributed by atoms with Gasteiger partial charge in [0.15, 0.2) is 5.82 Å². The van der Waals surface area contributed by atoms with Crippen molar-refractivity contribution in [2.75, 3.05) is 19.5 Å². The summed E-state index contributed by atoms with van der Waals surface area (Å²) in [6.07, 6.45) is 4.92. The molecule has 0 fully saturated rings. The van der Waals surface area contributed by atoms with Crippen molar-refractivity contribution < 1.29 is 9.26 Å². The normalized spacial score (nSPS) is 10.9. The molecule has 2 N–H and O–H groups in total. The van der Waals surface area contributed by atoms with Crippen molar-refractivity contribution in [2.24, 2.45) is 0 Å². The van der Waals surface area contributed by atoms with Crippen LogP contribution in [0.4, 0.5) is 5.69 Å². The molecule has 0 atom stereocenters. The molecule has 2 aromatic rings. The van der Waals surface area contributed by atoms with E-state index < -0.39 is 0 Å². The number of anilines is 1. The maximum Gasteiger partial charge on any atom is 0.248 e. The molecule has 2 heterocycles. The van der Waals surface area contributed by atoms with Crippen LogP contribution in [0.1, 0.15) is 18.1 Å². The lowest BCUT2D eigenvalue weighted by Gasteiger charge is -1.94. The van der Waals surface area contributed by atoms with Crippen LogP contribution in [0.3, 0.4) is 0 Å². The van der Waals surface area contributed by atoms with E-state index in [4.69, 9.17) is 15.0 Å². The van der Waals surface area contributed by atoms with E-state index in [2.05, 4.69) is 15.2 Å². The van der Waals surface area contributed by atoms with Crippen molar-refractivity contribution in [1.29, 1.82) is 0 Å². The molecule has 0 aliphatic rings. The average Bonchev–Trinajstić information content (AvgIpc) is 2.90. The largest absolute Gasteiger partial charge is 0.396 e. The molecular formula is C10H15N5O2. The molecule has 7 heteroatoms. The smallest absolute Gasteiger partial charge is 0.248 e. The maximum atomic E-state index is 5.55. The summed E-state index contributed by atoms with van der Waals surface area (Å²) in [6, 6.07) is 0. The first kappa shape index (κ1) is 11.6. The Hall–Kier alpha value is -1.89. The number of aryl methyl sites for hydroxylation is 1. The van der Waals surface area contributed by atoms with Crippen LogP contribution >= 0.6 is 0 Å². The summed E-state index contributed by atoms with van der Waals surface area (Å²) in [4.78, 5) is 4.25. The lowest BCUT2D eigenvalue weighted by Crippen LogP contribution is -2.00.